The van der Waals surface area contributed by atoms with Crippen LogP contribution in [-0.4, -0.2) is 23.3 Å². The maximum Gasteiger partial charge on any atom is 0.318 e. The highest BCUT2D eigenvalue weighted by molar-refractivity contribution is 5.25. The molecule has 1 aromatic heterocycles. The van der Waals surface area contributed by atoms with Gasteiger partial charge in [-0.25, -0.2) is 0 Å². The van der Waals surface area contributed by atoms with Crippen molar-refractivity contribution in [2.45, 2.75) is 51.6 Å². The fourth-order valence-corrected chi connectivity index (χ4v) is 2.46. The fraction of sp³-hybridized carbons (Fsp3) is 0.833. The van der Waals surface area contributed by atoms with Crippen LogP contribution in [0.1, 0.15) is 51.5 Å². The van der Waals surface area contributed by atoms with Crippen molar-refractivity contribution in [3.05, 3.63) is 5.89 Å². The van der Waals surface area contributed by atoms with E-state index in [1.165, 1.54) is 25.7 Å². The van der Waals surface area contributed by atoms with Crippen LogP contribution in [0.15, 0.2) is 4.42 Å². The predicted octanol–water partition coefficient (Wildman–Crippen LogP) is 2.10. The zero-order valence-electron chi connectivity index (χ0n) is 10.9. The molecule has 1 fully saturated rings. The molecule has 1 heterocycles. The molecule has 0 aromatic carbocycles. The van der Waals surface area contributed by atoms with E-state index in [1.54, 1.807) is 0 Å². The van der Waals surface area contributed by atoms with E-state index in [0.717, 1.165) is 5.92 Å². The van der Waals surface area contributed by atoms with Crippen LogP contribution in [0.3, 0.4) is 0 Å². The van der Waals surface area contributed by atoms with Gasteiger partial charge in [-0.05, 0) is 25.7 Å². The van der Waals surface area contributed by atoms with Gasteiger partial charge in [0.1, 0.15) is 0 Å². The molecule has 1 aliphatic rings. The van der Waals surface area contributed by atoms with Crippen LogP contribution in [0.4, 0.5) is 6.01 Å². The molecule has 0 aliphatic heterocycles. The lowest BCUT2D eigenvalue weighted by Gasteiger charge is -2.32. The summed E-state index contributed by atoms with van der Waals surface area (Å²) in [5.74, 6) is 1.29. The lowest BCUT2D eigenvalue weighted by Crippen LogP contribution is -2.35. The molecule has 3 unspecified atom stereocenters. The van der Waals surface area contributed by atoms with Crippen LogP contribution >= 0.6 is 0 Å². The number of nitrogens with zero attached hydrogens (tertiary/aromatic N) is 3. The summed E-state index contributed by atoms with van der Waals surface area (Å²) >= 11 is 0. The van der Waals surface area contributed by atoms with Gasteiger partial charge in [0.05, 0.1) is 6.04 Å². The molecule has 96 valence electrons. The van der Waals surface area contributed by atoms with E-state index in [1.807, 2.05) is 14.0 Å². The lowest BCUT2D eigenvalue weighted by molar-refractivity contribution is 0.325. The zero-order chi connectivity index (χ0) is 12.4. The molecule has 2 N–H and O–H groups in total. The number of hydrogen-bond acceptors (Lipinski definition) is 5. The fourth-order valence-electron chi connectivity index (χ4n) is 2.46. The summed E-state index contributed by atoms with van der Waals surface area (Å²) in [4.78, 5) is 2.11. The van der Waals surface area contributed by atoms with Gasteiger partial charge in [0, 0.05) is 13.1 Å². The van der Waals surface area contributed by atoms with Gasteiger partial charge in [0.15, 0.2) is 0 Å². The van der Waals surface area contributed by atoms with Crippen molar-refractivity contribution in [2.24, 2.45) is 11.7 Å². The van der Waals surface area contributed by atoms with Crippen molar-refractivity contribution in [3.8, 4) is 0 Å². The Hall–Kier alpha value is -1.10. The zero-order valence-corrected chi connectivity index (χ0v) is 10.9. The number of rotatable bonds is 3. The maximum absolute atomic E-state index is 5.71. The normalized spacial score (nSPS) is 26.8. The molecule has 5 nitrogen and oxygen atoms in total. The van der Waals surface area contributed by atoms with Gasteiger partial charge in [-0.1, -0.05) is 24.9 Å². The Morgan fingerprint density at radius 3 is 2.76 bits per heavy atom. The minimum atomic E-state index is -0.199. The molecule has 1 saturated carbocycles. The summed E-state index contributed by atoms with van der Waals surface area (Å²) in [6, 6.07) is 0.909. The standard InChI is InChI=1S/C12H22N4O/c1-8-5-4-6-10(7-8)16(3)12-15-14-11(17-12)9(2)13/h8-10H,4-7,13H2,1-3H3. The minimum Gasteiger partial charge on any atom is -0.406 e. The van der Waals surface area contributed by atoms with Crippen LogP contribution in [0.2, 0.25) is 0 Å². The molecule has 2 rings (SSSR count). The SMILES string of the molecule is CC1CCCC(N(C)c2nnc(C(C)N)o2)C1. The van der Waals surface area contributed by atoms with E-state index in [0.29, 0.717) is 17.9 Å². The Labute approximate surface area is 102 Å². The van der Waals surface area contributed by atoms with Crippen molar-refractivity contribution in [3.63, 3.8) is 0 Å². The first-order valence-electron chi connectivity index (χ1n) is 6.39. The van der Waals surface area contributed by atoms with Gasteiger partial charge in [-0.3, -0.25) is 0 Å². The van der Waals surface area contributed by atoms with Crippen LogP contribution in [0.25, 0.3) is 0 Å². The van der Waals surface area contributed by atoms with E-state index in [2.05, 4.69) is 22.0 Å². The Kier molecular flexibility index (Phi) is 3.66. The summed E-state index contributed by atoms with van der Waals surface area (Å²) in [5, 5.41) is 8.03. The summed E-state index contributed by atoms with van der Waals surface area (Å²) in [7, 11) is 2.03. The second-order valence-corrected chi connectivity index (χ2v) is 5.25. The van der Waals surface area contributed by atoms with Gasteiger partial charge >= 0.3 is 6.01 Å². The van der Waals surface area contributed by atoms with Gasteiger partial charge in [-0.15, -0.1) is 5.10 Å². The molecule has 17 heavy (non-hydrogen) atoms. The van der Waals surface area contributed by atoms with Crippen molar-refractivity contribution in [1.82, 2.24) is 10.2 Å². The number of aromatic nitrogens is 2. The third-order valence-electron chi connectivity index (χ3n) is 3.58. The summed E-state index contributed by atoms with van der Waals surface area (Å²) in [6.07, 6.45) is 5.02. The molecule has 0 bridgehead atoms. The quantitative estimate of drug-likeness (QED) is 0.873. The highest BCUT2D eigenvalue weighted by Gasteiger charge is 2.25. The minimum absolute atomic E-state index is 0.199. The van der Waals surface area contributed by atoms with Crippen LogP contribution in [-0.2, 0) is 0 Å². The van der Waals surface area contributed by atoms with E-state index in [-0.39, 0.29) is 6.04 Å². The Morgan fingerprint density at radius 2 is 2.18 bits per heavy atom. The highest BCUT2D eigenvalue weighted by Crippen LogP contribution is 2.29. The second kappa shape index (κ2) is 5.04. The third kappa shape index (κ3) is 2.77. The lowest BCUT2D eigenvalue weighted by atomic mass is 9.86. The first kappa shape index (κ1) is 12.4. The van der Waals surface area contributed by atoms with Gasteiger partial charge in [0.2, 0.25) is 5.89 Å². The highest BCUT2D eigenvalue weighted by atomic mass is 16.4. The van der Waals surface area contributed by atoms with Crippen LogP contribution in [0, 0.1) is 5.92 Å². The number of hydrogen-bond donors (Lipinski definition) is 1. The second-order valence-electron chi connectivity index (χ2n) is 5.25. The Morgan fingerprint density at radius 1 is 1.41 bits per heavy atom. The van der Waals surface area contributed by atoms with E-state index in [4.69, 9.17) is 10.2 Å². The third-order valence-corrected chi connectivity index (χ3v) is 3.58. The number of anilines is 1. The van der Waals surface area contributed by atoms with E-state index in [9.17, 15) is 0 Å². The van der Waals surface area contributed by atoms with Crippen molar-refractivity contribution in [1.29, 1.82) is 0 Å². The summed E-state index contributed by atoms with van der Waals surface area (Å²) < 4.78 is 5.57. The molecule has 3 atom stereocenters. The largest absolute Gasteiger partial charge is 0.406 e. The first-order chi connectivity index (χ1) is 8.08. The van der Waals surface area contributed by atoms with Crippen molar-refractivity contribution in [2.75, 3.05) is 11.9 Å². The van der Waals surface area contributed by atoms with Crippen LogP contribution in [0.5, 0.6) is 0 Å². The van der Waals surface area contributed by atoms with Gasteiger partial charge < -0.3 is 15.1 Å². The monoisotopic (exact) mass is 238 g/mol. The molecular formula is C12H22N4O. The topological polar surface area (TPSA) is 68.2 Å². The Balaban J connectivity index is 2.04. The van der Waals surface area contributed by atoms with Crippen molar-refractivity contribution < 1.29 is 4.42 Å². The Bertz CT molecular complexity index is 363. The van der Waals surface area contributed by atoms with E-state index >= 15 is 0 Å². The molecule has 0 radical (unpaired) electrons. The summed E-state index contributed by atoms with van der Waals surface area (Å²) in [5.41, 5.74) is 5.71. The van der Waals surface area contributed by atoms with Crippen molar-refractivity contribution >= 4 is 6.01 Å². The molecule has 1 aliphatic carbocycles. The average molecular weight is 238 g/mol. The van der Waals surface area contributed by atoms with Crippen LogP contribution < -0.4 is 10.6 Å². The molecule has 0 saturated heterocycles. The van der Waals surface area contributed by atoms with Gasteiger partial charge in [-0.2, -0.15) is 0 Å². The van der Waals surface area contributed by atoms with E-state index < -0.39 is 0 Å². The predicted molar refractivity (Wildman–Crippen MR) is 66.7 cm³/mol. The molecule has 1 aromatic rings. The smallest absolute Gasteiger partial charge is 0.318 e. The number of nitrogens with two attached hydrogens (primary N) is 1. The molecule has 0 spiro atoms. The molecule has 5 heteroatoms. The maximum atomic E-state index is 5.71. The molecule has 0 amide bonds. The molecular weight excluding hydrogens is 216 g/mol. The first-order valence-corrected chi connectivity index (χ1v) is 6.39. The summed E-state index contributed by atoms with van der Waals surface area (Å²) in [6.45, 7) is 4.15. The average Bonchev–Trinajstić information content (AvgIpc) is 2.77. The van der Waals surface area contributed by atoms with Gasteiger partial charge in [0.25, 0.3) is 0 Å².